The smallest absolute Gasteiger partial charge is 0.273 e. The van der Waals surface area contributed by atoms with Gasteiger partial charge in [0.1, 0.15) is 11.5 Å². The summed E-state index contributed by atoms with van der Waals surface area (Å²) in [7, 11) is 0. The van der Waals surface area contributed by atoms with Crippen molar-refractivity contribution in [3.63, 3.8) is 0 Å². The number of carbonyl (C=O) groups is 1. The van der Waals surface area contributed by atoms with Gasteiger partial charge >= 0.3 is 0 Å². The van der Waals surface area contributed by atoms with Gasteiger partial charge in [0.15, 0.2) is 11.5 Å². The lowest BCUT2D eigenvalue weighted by atomic mass is 10.1. The van der Waals surface area contributed by atoms with Gasteiger partial charge in [-0.05, 0) is 29.3 Å². The zero-order valence-electron chi connectivity index (χ0n) is 15.0. The van der Waals surface area contributed by atoms with Crippen molar-refractivity contribution >= 4 is 23.1 Å². The summed E-state index contributed by atoms with van der Waals surface area (Å²) in [6.07, 6.45) is 0. The van der Waals surface area contributed by atoms with Crippen LogP contribution in [-0.2, 0) is 13.1 Å². The van der Waals surface area contributed by atoms with Crippen LogP contribution in [0.25, 0.3) is 0 Å². The van der Waals surface area contributed by atoms with Crippen LogP contribution < -0.4 is 20.5 Å². The SMILES string of the molecule is Nc1cc(Nc2cccc3c2OCO3)nc(C(=O)N2Cc3ccccc3C2)c1. The molecule has 0 spiro atoms. The number of nitrogens with two attached hydrogens (primary N) is 1. The maximum absolute atomic E-state index is 13.0. The number of aromatic nitrogens is 1. The highest BCUT2D eigenvalue weighted by Crippen LogP contribution is 2.40. The largest absolute Gasteiger partial charge is 0.454 e. The van der Waals surface area contributed by atoms with E-state index in [9.17, 15) is 4.79 Å². The van der Waals surface area contributed by atoms with E-state index < -0.39 is 0 Å². The molecule has 3 N–H and O–H groups in total. The Morgan fingerprint density at radius 2 is 1.82 bits per heavy atom. The zero-order valence-corrected chi connectivity index (χ0v) is 15.0. The van der Waals surface area contributed by atoms with Gasteiger partial charge in [-0.15, -0.1) is 0 Å². The van der Waals surface area contributed by atoms with Gasteiger partial charge in [0.25, 0.3) is 5.91 Å². The van der Waals surface area contributed by atoms with E-state index in [-0.39, 0.29) is 12.7 Å². The highest BCUT2D eigenvalue weighted by Gasteiger charge is 2.25. The summed E-state index contributed by atoms with van der Waals surface area (Å²) in [5.41, 5.74) is 9.84. The number of amides is 1. The Labute approximate surface area is 161 Å². The molecule has 0 saturated heterocycles. The van der Waals surface area contributed by atoms with Gasteiger partial charge in [0, 0.05) is 24.8 Å². The van der Waals surface area contributed by atoms with Gasteiger partial charge < -0.3 is 25.4 Å². The van der Waals surface area contributed by atoms with Crippen LogP contribution in [0, 0.1) is 0 Å². The summed E-state index contributed by atoms with van der Waals surface area (Å²) in [4.78, 5) is 19.2. The molecular weight excluding hydrogens is 356 g/mol. The lowest BCUT2D eigenvalue weighted by Crippen LogP contribution is -2.26. The van der Waals surface area contributed by atoms with Gasteiger partial charge in [-0.3, -0.25) is 4.79 Å². The second-order valence-electron chi connectivity index (χ2n) is 6.77. The molecule has 3 aromatic rings. The van der Waals surface area contributed by atoms with E-state index in [1.807, 2.05) is 42.5 Å². The van der Waals surface area contributed by atoms with Crippen molar-refractivity contribution in [1.29, 1.82) is 0 Å². The maximum Gasteiger partial charge on any atom is 0.273 e. The first-order valence-corrected chi connectivity index (χ1v) is 8.96. The van der Waals surface area contributed by atoms with Crippen LogP contribution in [0.2, 0.25) is 0 Å². The Morgan fingerprint density at radius 3 is 2.61 bits per heavy atom. The first-order chi connectivity index (χ1) is 13.7. The average molecular weight is 374 g/mol. The lowest BCUT2D eigenvalue weighted by molar-refractivity contribution is 0.0745. The summed E-state index contributed by atoms with van der Waals surface area (Å²) in [5.74, 6) is 1.61. The summed E-state index contributed by atoms with van der Waals surface area (Å²) < 4.78 is 10.9. The molecule has 0 bridgehead atoms. The van der Waals surface area contributed by atoms with Crippen LogP contribution >= 0.6 is 0 Å². The molecule has 2 aliphatic heterocycles. The van der Waals surface area contributed by atoms with Crippen molar-refractivity contribution in [3.05, 3.63) is 71.4 Å². The lowest BCUT2D eigenvalue weighted by Gasteiger charge is -2.16. The Morgan fingerprint density at radius 1 is 1.04 bits per heavy atom. The Kier molecular flexibility index (Phi) is 3.79. The van der Waals surface area contributed by atoms with Crippen LogP contribution in [0.3, 0.4) is 0 Å². The number of nitrogens with zero attached hydrogens (tertiary/aromatic N) is 2. The number of nitrogen functional groups attached to an aromatic ring is 1. The summed E-state index contributed by atoms with van der Waals surface area (Å²) in [5, 5.41) is 3.18. The third kappa shape index (κ3) is 2.87. The molecule has 140 valence electrons. The number of para-hydroxylation sites is 1. The molecule has 1 amide bonds. The Balaban J connectivity index is 1.41. The number of hydrogen-bond donors (Lipinski definition) is 2. The monoisotopic (exact) mass is 374 g/mol. The fourth-order valence-electron chi connectivity index (χ4n) is 3.53. The van der Waals surface area contributed by atoms with E-state index in [4.69, 9.17) is 15.2 Å². The first-order valence-electron chi connectivity index (χ1n) is 8.96. The molecule has 3 heterocycles. The van der Waals surface area contributed by atoms with Crippen LogP contribution in [0.4, 0.5) is 17.2 Å². The van der Waals surface area contributed by atoms with E-state index >= 15 is 0 Å². The number of nitrogens with one attached hydrogen (secondary N) is 1. The fraction of sp³-hybridized carbons (Fsp3) is 0.143. The Hall–Kier alpha value is -3.74. The number of ether oxygens (including phenoxy) is 2. The molecule has 1 aromatic heterocycles. The van der Waals surface area contributed by atoms with Gasteiger partial charge in [0.2, 0.25) is 6.79 Å². The number of carbonyl (C=O) groups excluding carboxylic acids is 1. The number of rotatable bonds is 3. The molecule has 5 rings (SSSR count). The van der Waals surface area contributed by atoms with Crippen molar-refractivity contribution in [3.8, 4) is 11.5 Å². The maximum atomic E-state index is 13.0. The molecule has 0 atom stereocenters. The van der Waals surface area contributed by atoms with Gasteiger partial charge in [-0.25, -0.2) is 4.98 Å². The zero-order chi connectivity index (χ0) is 19.1. The van der Waals surface area contributed by atoms with Crippen LogP contribution in [0.5, 0.6) is 11.5 Å². The van der Waals surface area contributed by atoms with E-state index in [1.54, 1.807) is 17.0 Å². The first kappa shape index (κ1) is 16.4. The second-order valence-corrected chi connectivity index (χ2v) is 6.77. The Bertz CT molecular complexity index is 1060. The molecule has 2 aromatic carbocycles. The third-order valence-electron chi connectivity index (χ3n) is 4.85. The summed E-state index contributed by atoms with van der Waals surface area (Å²) >= 11 is 0. The predicted octanol–water partition coefficient (Wildman–Crippen LogP) is 3.29. The normalized spacial score (nSPS) is 14.1. The molecule has 0 unspecified atom stereocenters. The molecule has 7 nitrogen and oxygen atoms in total. The minimum Gasteiger partial charge on any atom is -0.454 e. The van der Waals surface area contributed by atoms with E-state index in [2.05, 4.69) is 10.3 Å². The molecule has 0 saturated carbocycles. The van der Waals surface area contributed by atoms with Crippen molar-refractivity contribution in [2.45, 2.75) is 13.1 Å². The van der Waals surface area contributed by atoms with Crippen LogP contribution in [-0.4, -0.2) is 22.6 Å². The van der Waals surface area contributed by atoms with Gasteiger partial charge in [0.05, 0.1) is 5.69 Å². The van der Waals surface area contributed by atoms with Crippen molar-refractivity contribution in [2.24, 2.45) is 0 Å². The molecule has 2 aliphatic rings. The molecule has 0 fully saturated rings. The van der Waals surface area contributed by atoms with Crippen molar-refractivity contribution < 1.29 is 14.3 Å². The van der Waals surface area contributed by atoms with Crippen LogP contribution in [0.1, 0.15) is 21.6 Å². The highest BCUT2D eigenvalue weighted by atomic mass is 16.7. The number of fused-ring (bicyclic) bond motifs is 2. The predicted molar refractivity (Wildman–Crippen MR) is 105 cm³/mol. The van der Waals surface area contributed by atoms with E-state index in [0.717, 1.165) is 11.1 Å². The third-order valence-corrected chi connectivity index (χ3v) is 4.85. The van der Waals surface area contributed by atoms with Crippen LogP contribution in [0.15, 0.2) is 54.6 Å². The summed E-state index contributed by atoms with van der Waals surface area (Å²) in [6.45, 7) is 1.33. The summed E-state index contributed by atoms with van der Waals surface area (Å²) in [6, 6.07) is 16.9. The number of hydrogen-bond acceptors (Lipinski definition) is 6. The topological polar surface area (TPSA) is 89.7 Å². The van der Waals surface area contributed by atoms with Gasteiger partial charge in [-0.2, -0.15) is 0 Å². The second kappa shape index (κ2) is 6.45. The quantitative estimate of drug-likeness (QED) is 0.731. The molecule has 7 heteroatoms. The standard InChI is InChI=1S/C21H18N4O3/c22-15-8-17(21(26)25-10-13-4-1-2-5-14(13)11-25)24-19(9-15)23-16-6-3-7-18-20(16)28-12-27-18/h1-9H,10-12H2,(H3,22,23,24). The average Bonchev–Trinajstić information content (AvgIpc) is 3.34. The van der Waals surface area contributed by atoms with Crippen molar-refractivity contribution in [2.75, 3.05) is 17.8 Å². The minimum absolute atomic E-state index is 0.149. The highest BCUT2D eigenvalue weighted by molar-refractivity contribution is 5.94. The molecule has 0 radical (unpaired) electrons. The number of benzene rings is 2. The molecular formula is C21H18N4O3. The van der Waals surface area contributed by atoms with E-state index in [0.29, 0.717) is 47.5 Å². The fourth-order valence-corrected chi connectivity index (χ4v) is 3.53. The van der Waals surface area contributed by atoms with Gasteiger partial charge in [-0.1, -0.05) is 30.3 Å². The number of anilines is 3. The molecule has 0 aliphatic carbocycles. The van der Waals surface area contributed by atoms with E-state index in [1.165, 1.54) is 0 Å². The van der Waals surface area contributed by atoms with Crippen molar-refractivity contribution in [1.82, 2.24) is 9.88 Å². The minimum atomic E-state index is -0.149. The number of pyridine rings is 1. The molecule has 28 heavy (non-hydrogen) atoms.